The molecule has 202 valence electrons. The SMILES string of the molecule is C=C/C=C\C=C(\P(c1ccccc1C(F)(F)F)c1ccccc1P(=O)(C(C)(C)C)C(C)(C)C)C(F)(F)F. The number of alkyl halides is 6. The summed E-state index contributed by atoms with van der Waals surface area (Å²) < 4.78 is 101. The van der Waals surface area contributed by atoms with Crippen molar-refractivity contribution in [3.8, 4) is 0 Å². The third-order valence-corrected chi connectivity index (χ3v) is 13.5. The lowest BCUT2D eigenvalue weighted by molar-refractivity contribution is -0.136. The average Bonchev–Trinajstić information content (AvgIpc) is 2.75. The van der Waals surface area contributed by atoms with Crippen molar-refractivity contribution in [3.05, 3.63) is 90.3 Å². The molecule has 1 atom stereocenters. The Morgan fingerprint density at radius 2 is 1.27 bits per heavy atom. The Labute approximate surface area is 216 Å². The predicted octanol–water partition coefficient (Wildman–Crippen LogP) is 8.91. The number of hydrogen-bond donors (Lipinski definition) is 0. The molecule has 2 aromatic rings. The number of rotatable bonds is 6. The van der Waals surface area contributed by atoms with Crippen LogP contribution < -0.4 is 15.9 Å². The second-order valence-corrected chi connectivity index (χ2v) is 17.0. The van der Waals surface area contributed by atoms with Gasteiger partial charge < -0.3 is 4.57 Å². The summed E-state index contributed by atoms with van der Waals surface area (Å²) in [7, 11) is -6.35. The van der Waals surface area contributed by atoms with Gasteiger partial charge in [-0.15, -0.1) is 0 Å². The van der Waals surface area contributed by atoms with E-state index in [9.17, 15) is 30.9 Å². The molecule has 0 aliphatic heterocycles. The highest BCUT2D eigenvalue weighted by Crippen LogP contribution is 2.66. The Kier molecular flexibility index (Phi) is 9.21. The zero-order valence-corrected chi connectivity index (χ0v) is 23.5. The van der Waals surface area contributed by atoms with E-state index in [1.54, 1.807) is 47.6 Å². The summed E-state index contributed by atoms with van der Waals surface area (Å²) in [6.07, 6.45) is -5.41. The Morgan fingerprint density at radius 1 is 0.784 bits per heavy atom. The smallest absolute Gasteiger partial charge is 0.318 e. The first-order chi connectivity index (χ1) is 16.8. The van der Waals surface area contributed by atoms with Crippen molar-refractivity contribution in [1.82, 2.24) is 0 Å². The molecule has 9 heteroatoms. The van der Waals surface area contributed by atoms with Gasteiger partial charge in [0.1, 0.15) is 7.14 Å². The molecular weight excluding hydrogens is 528 g/mol. The van der Waals surface area contributed by atoms with Gasteiger partial charge in [0.05, 0.1) is 10.9 Å². The Hall–Kier alpha value is -2.10. The van der Waals surface area contributed by atoms with Crippen LogP contribution in [0.25, 0.3) is 0 Å². The highest BCUT2D eigenvalue weighted by Gasteiger charge is 2.51. The van der Waals surface area contributed by atoms with E-state index >= 15 is 0 Å². The minimum Gasteiger partial charge on any atom is -0.318 e. The molecule has 0 aliphatic carbocycles. The van der Waals surface area contributed by atoms with Crippen molar-refractivity contribution in [2.24, 2.45) is 0 Å². The van der Waals surface area contributed by atoms with Gasteiger partial charge in [-0.3, -0.25) is 0 Å². The quantitative estimate of drug-likeness (QED) is 0.196. The lowest BCUT2D eigenvalue weighted by atomic mass is 10.2. The third-order valence-electron chi connectivity index (χ3n) is 5.83. The van der Waals surface area contributed by atoms with E-state index in [4.69, 9.17) is 0 Å². The summed E-state index contributed by atoms with van der Waals surface area (Å²) in [5.41, 5.74) is -1.15. The monoisotopic (exact) mass is 560 g/mol. The average molecular weight is 560 g/mol. The fourth-order valence-corrected chi connectivity index (χ4v) is 11.8. The van der Waals surface area contributed by atoms with Gasteiger partial charge in [-0.1, -0.05) is 109 Å². The molecule has 2 rings (SSSR count). The van der Waals surface area contributed by atoms with E-state index in [0.717, 1.165) is 30.4 Å². The van der Waals surface area contributed by atoms with Gasteiger partial charge in [-0.25, -0.2) is 0 Å². The molecule has 0 aromatic heterocycles. The molecule has 37 heavy (non-hydrogen) atoms. The molecule has 0 bridgehead atoms. The van der Waals surface area contributed by atoms with Crippen LogP contribution in [0.5, 0.6) is 0 Å². The molecule has 0 amide bonds. The van der Waals surface area contributed by atoms with Crippen molar-refractivity contribution >= 4 is 31.0 Å². The van der Waals surface area contributed by atoms with Crippen molar-refractivity contribution in [1.29, 1.82) is 0 Å². The normalized spacial score (nSPS) is 15.2. The van der Waals surface area contributed by atoms with Crippen LogP contribution in [0.2, 0.25) is 0 Å². The largest absolute Gasteiger partial charge is 0.417 e. The summed E-state index contributed by atoms with van der Waals surface area (Å²) in [5.74, 6) is 0. The molecule has 1 nitrogen and oxygen atoms in total. The standard InChI is InChI=1S/C28H32F6OP2/c1-8-9-10-19-24(28(32,33)34)36(21-16-12-11-15-20(21)27(29,30)31)22-17-13-14-18-23(22)37(35,25(2,3)4)26(5,6)7/h8-19H,1H2,2-7H3/b10-9-,24-19+. The number of benzene rings is 2. The fourth-order valence-electron chi connectivity index (χ4n) is 4.47. The molecular formula is C28H32F6OP2. The van der Waals surface area contributed by atoms with Crippen LogP contribution in [0.15, 0.2) is 84.7 Å². The maximum absolute atomic E-state index is 14.9. The highest BCUT2D eigenvalue weighted by molar-refractivity contribution is 7.81. The maximum atomic E-state index is 14.9. The maximum Gasteiger partial charge on any atom is 0.417 e. The molecule has 0 spiro atoms. The Bertz CT molecular complexity index is 1210. The second kappa shape index (κ2) is 10.9. The number of halogens is 6. The first kappa shape index (κ1) is 31.1. The lowest BCUT2D eigenvalue weighted by Gasteiger charge is -2.43. The molecule has 0 fully saturated rings. The summed E-state index contributed by atoms with van der Waals surface area (Å²) in [5, 5.41) is -3.23. The molecule has 0 N–H and O–H groups in total. The zero-order valence-electron chi connectivity index (χ0n) is 21.7. The molecule has 0 saturated carbocycles. The minimum absolute atomic E-state index is 0.00189. The summed E-state index contributed by atoms with van der Waals surface area (Å²) >= 11 is 0. The van der Waals surface area contributed by atoms with Gasteiger partial charge in [-0.05, 0) is 30.7 Å². The van der Waals surface area contributed by atoms with Gasteiger partial charge >= 0.3 is 12.4 Å². The van der Waals surface area contributed by atoms with Gasteiger partial charge in [0.15, 0.2) is 0 Å². The van der Waals surface area contributed by atoms with Crippen LogP contribution in [0.3, 0.4) is 0 Å². The van der Waals surface area contributed by atoms with Gasteiger partial charge in [-0.2, -0.15) is 26.3 Å². The van der Waals surface area contributed by atoms with Crippen molar-refractivity contribution in [2.45, 2.75) is 64.2 Å². The Balaban J connectivity index is 3.17. The van der Waals surface area contributed by atoms with Crippen molar-refractivity contribution in [3.63, 3.8) is 0 Å². The number of allylic oxidation sites excluding steroid dienone is 5. The summed E-state index contributed by atoms with van der Waals surface area (Å²) in [4.78, 5) is 0. The Morgan fingerprint density at radius 3 is 1.73 bits per heavy atom. The van der Waals surface area contributed by atoms with Gasteiger partial charge in [0.25, 0.3) is 0 Å². The van der Waals surface area contributed by atoms with Crippen molar-refractivity contribution < 1.29 is 30.9 Å². The second-order valence-electron chi connectivity index (χ2n) is 10.5. The van der Waals surface area contributed by atoms with Gasteiger partial charge in [0.2, 0.25) is 0 Å². The third kappa shape index (κ3) is 6.49. The van der Waals surface area contributed by atoms with Crippen molar-refractivity contribution in [2.75, 3.05) is 0 Å². The number of hydrogen-bond acceptors (Lipinski definition) is 1. The van der Waals surface area contributed by atoms with E-state index < -0.39 is 53.9 Å². The van der Waals surface area contributed by atoms with Crippen LogP contribution in [0.1, 0.15) is 47.1 Å². The molecule has 1 unspecified atom stereocenters. The fraction of sp³-hybridized carbons (Fsp3) is 0.357. The molecule has 0 saturated heterocycles. The first-order valence-corrected chi connectivity index (χ1v) is 14.6. The van der Waals surface area contributed by atoms with Crippen LogP contribution in [0.4, 0.5) is 26.3 Å². The van der Waals surface area contributed by atoms with Crippen LogP contribution in [-0.2, 0) is 10.7 Å². The van der Waals surface area contributed by atoms with Crippen LogP contribution >= 0.6 is 15.1 Å². The predicted molar refractivity (Wildman–Crippen MR) is 144 cm³/mol. The van der Waals surface area contributed by atoms with E-state index in [2.05, 4.69) is 6.58 Å². The summed E-state index contributed by atoms with van der Waals surface area (Å²) in [6, 6.07) is 10.3. The lowest BCUT2D eigenvalue weighted by Crippen LogP contribution is -2.41. The topological polar surface area (TPSA) is 17.1 Å². The zero-order chi connectivity index (χ0) is 28.4. The summed E-state index contributed by atoms with van der Waals surface area (Å²) in [6.45, 7) is 13.9. The highest BCUT2D eigenvalue weighted by atomic mass is 31.2. The molecule has 0 aliphatic rings. The van der Waals surface area contributed by atoms with Crippen LogP contribution in [0, 0.1) is 0 Å². The first-order valence-electron chi connectivity index (χ1n) is 11.5. The van der Waals surface area contributed by atoms with Gasteiger partial charge in [0, 0.05) is 15.6 Å². The minimum atomic E-state index is -4.96. The molecule has 0 heterocycles. The molecule has 0 radical (unpaired) electrons. The van der Waals surface area contributed by atoms with E-state index in [1.807, 2.05) is 0 Å². The molecule has 2 aromatic carbocycles. The van der Waals surface area contributed by atoms with E-state index in [0.29, 0.717) is 0 Å². The van der Waals surface area contributed by atoms with E-state index in [-0.39, 0.29) is 10.6 Å². The van der Waals surface area contributed by atoms with E-state index in [1.165, 1.54) is 36.4 Å². The van der Waals surface area contributed by atoms with Crippen LogP contribution in [-0.4, -0.2) is 16.5 Å².